The van der Waals surface area contributed by atoms with Gasteiger partial charge in [0.05, 0.1) is 25.4 Å². The van der Waals surface area contributed by atoms with Crippen LogP contribution in [-0.2, 0) is 11.3 Å². The van der Waals surface area contributed by atoms with E-state index in [4.69, 9.17) is 4.74 Å². The van der Waals surface area contributed by atoms with Crippen molar-refractivity contribution >= 4 is 5.82 Å². The maximum Gasteiger partial charge on any atom is 0.131 e. The van der Waals surface area contributed by atoms with E-state index in [9.17, 15) is 5.11 Å². The van der Waals surface area contributed by atoms with Gasteiger partial charge < -0.3 is 20.1 Å². The average Bonchev–Trinajstić information content (AvgIpc) is 2.49. The van der Waals surface area contributed by atoms with Crippen LogP contribution < -0.4 is 10.2 Å². The van der Waals surface area contributed by atoms with E-state index in [0.29, 0.717) is 13.2 Å². The van der Waals surface area contributed by atoms with Crippen molar-refractivity contribution in [3.8, 4) is 0 Å². The zero-order valence-electron chi connectivity index (χ0n) is 13.3. The molecule has 1 aromatic rings. The summed E-state index contributed by atoms with van der Waals surface area (Å²) in [5.41, 5.74) is 2.39. The van der Waals surface area contributed by atoms with Crippen molar-refractivity contribution in [2.24, 2.45) is 0 Å². The molecule has 0 aliphatic carbocycles. The highest BCUT2D eigenvalue weighted by Gasteiger charge is 2.27. The smallest absolute Gasteiger partial charge is 0.131 e. The largest absolute Gasteiger partial charge is 0.394 e. The number of morpholine rings is 1. The first-order valence-corrected chi connectivity index (χ1v) is 7.81. The van der Waals surface area contributed by atoms with Gasteiger partial charge in [0.15, 0.2) is 0 Å². The zero-order chi connectivity index (χ0) is 15.2. The molecule has 0 aromatic carbocycles. The molecule has 21 heavy (non-hydrogen) atoms. The van der Waals surface area contributed by atoms with Crippen LogP contribution in [0.4, 0.5) is 5.82 Å². The lowest BCUT2D eigenvalue weighted by Crippen LogP contribution is -2.50. The summed E-state index contributed by atoms with van der Waals surface area (Å²) in [5.74, 6) is 1.00. The van der Waals surface area contributed by atoms with Gasteiger partial charge >= 0.3 is 0 Å². The molecule has 2 atom stereocenters. The van der Waals surface area contributed by atoms with Crippen molar-refractivity contribution in [3.05, 3.63) is 23.4 Å². The summed E-state index contributed by atoms with van der Waals surface area (Å²) in [6, 6.07) is 2.48. The van der Waals surface area contributed by atoms with Crippen molar-refractivity contribution in [2.75, 3.05) is 31.2 Å². The summed E-state index contributed by atoms with van der Waals surface area (Å²) in [7, 11) is 0. The van der Waals surface area contributed by atoms with Crippen molar-refractivity contribution in [1.29, 1.82) is 0 Å². The predicted molar refractivity (Wildman–Crippen MR) is 84.6 cm³/mol. The number of aliphatic hydroxyl groups is 1. The molecule has 1 fully saturated rings. The van der Waals surface area contributed by atoms with Gasteiger partial charge in [0, 0.05) is 19.3 Å². The minimum absolute atomic E-state index is 0.0568. The number of anilines is 1. The highest BCUT2D eigenvalue weighted by molar-refractivity contribution is 5.48. The molecule has 1 aromatic heterocycles. The lowest BCUT2D eigenvalue weighted by atomic mass is 10.1. The summed E-state index contributed by atoms with van der Waals surface area (Å²) in [6.07, 6.45) is 2.97. The third kappa shape index (κ3) is 4.15. The van der Waals surface area contributed by atoms with Crippen LogP contribution in [0, 0.1) is 6.92 Å². The molecule has 2 unspecified atom stereocenters. The van der Waals surface area contributed by atoms with Crippen LogP contribution in [-0.4, -0.2) is 48.5 Å². The molecule has 0 amide bonds. The van der Waals surface area contributed by atoms with Crippen LogP contribution in [0.5, 0.6) is 0 Å². The Morgan fingerprint density at radius 3 is 3.00 bits per heavy atom. The fraction of sp³-hybridized carbons (Fsp3) is 0.688. The Labute approximate surface area is 127 Å². The second-order valence-corrected chi connectivity index (χ2v) is 5.80. The van der Waals surface area contributed by atoms with Crippen molar-refractivity contribution in [3.63, 3.8) is 0 Å². The minimum atomic E-state index is -0.117. The molecule has 5 nitrogen and oxygen atoms in total. The third-order valence-corrected chi connectivity index (χ3v) is 3.84. The topological polar surface area (TPSA) is 57.6 Å². The van der Waals surface area contributed by atoms with Crippen LogP contribution >= 0.6 is 0 Å². The maximum absolute atomic E-state index is 9.30. The number of hydrogen-bond acceptors (Lipinski definition) is 5. The summed E-state index contributed by atoms with van der Waals surface area (Å²) < 4.78 is 5.59. The van der Waals surface area contributed by atoms with E-state index < -0.39 is 0 Å². The fourth-order valence-electron chi connectivity index (χ4n) is 2.66. The molecule has 5 heteroatoms. The van der Waals surface area contributed by atoms with E-state index in [0.717, 1.165) is 25.3 Å². The Bertz CT molecular complexity index is 453. The Kier molecular flexibility index (Phi) is 5.96. The number of aryl methyl sites for hydroxylation is 1. The number of aliphatic hydroxyl groups excluding tert-OH is 1. The van der Waals surface area contributed by atoms with Gasteiger partial charge in [-0.1, -0.05) is 6.92 Å². The molecular weight excluding hydrogens is 266 g/mol. The number of hydrogen-bond donors (Lipinski definition) is 2. The second-order valence-electron chi connectivity index (χ2n) is 5.80. The van der Waals surface area contributed by atoms with E-state index in [1.807, 2.05) is 6.20 Å². The summed E-state index contributed by atoms with van der Waals surface area (Å²) >= 11 is 0. The van der Waals surface area contributed by atoms with E-state index in [1.54, 1.807) is 0 Å². The molecular formula is C16H27N3O2. The molecule has 2 heterocycles. The maximum atomic E-state index is 9.30. The van der Waals surface area contributed by atoms with Gasteiger partial charge in [0.1, 0.15) is 5.82 Å². The van der Waals surface area contributed by atoms with E-state index >= 15 is 0 Å². The molecule has 1 aliphatic heterocycles. The zero-order valence-corrected chi connectivity index (χ0v) is 13.3. The van der Waals surface area contributed by atoms with Gasteiger partial charge in [-0.3, -0.25) is 0 Å². The normalized spacial score (nSPS) is 22.6. The fourth-order valence-corrected chi connectivity index (χ4v) is 2.66. The number of ether oxygens (including phenoxy) is 1. The molecule has 1 aliphatic rings. The summed E-state index contributed by atoms with van der Waals surface area (Å²) in [5, 5.41) is 12.7. The van der Waals surface area contributed by atoms with Gasteiger partial charge in [0.25, 0.3) is 0 Å². The first kappa shape index (κ1) is 16.2. The highest BCUT2D eigenvalue weighted by Crippen LogP contribution is 2.23. The highest BCUT2D eigenvalue weighted by atomic mass is 16.5. The van der Waals surface area contributed by atoms with Crippen molar-refractivity contribution in [1.82, 2.24) is 10.3 Å². The lowest BCUT2D eigenvalue weighted by Gasteiger charge is -2.39. The van der Waals surface area contributed by atoms with Crippen LogP contribution in [0.2, 0.25) is 0 Å². The summed E-state index contributed by atoms with van der Waals surface area (Å²) in [4.78, 5) is 6.89. The first-order chi connectivity index (χ1) is 10.2. The van der Waals surface area contributed by atoms with E-state index in [2.05, 4.69) is 42.0 Å². The molecule has 0 saturated carbocycles. The van der Waals surface area contributed by atoms with Gasteiger partial charge in [-0.25, -0.2) is 4.98 Å². The van der Waals surface area contributed by atoms with Crippen LogP contribution in [0.1, 0.15) is 31.4 Å². The average molecular weight is 293 g/mol. The molecule has 118 valence electrons. The van der Waals surface area contributed by atoms with Gasteiger partial charge in [-0.2, -0.15) is 0 Å². The number of pyridine rings is 1. The molecule has 1 saturated heterocycles. The molecule has 2 N–H and O–H groups in total. The molecule has 0 bridgehead atoms. The van der Waals surface area contributed by atoms with Gasteiger partial charge in [-0.15, -0.1) is 0 Å². The number of rotatable bonds is 6. The Hall–Kier alpha value is -1.17. The van der Waals surface area contributed by atoms with Crippen LogP contribution in [0.15, 0.2) is 12.3 Å². The first-order valence-electron chi connectivity index (χ1n) is 7.81. The second kappa shape index (κ2) is 7.73. The van der Waals surface area contributed by atoms with Crippen molar-refractivity contribution in [2.45, 2.75) is 45.9 Å². The number of nitrogens with zero attached hydrogens (tertiary/aromatic N) is 2. The SMILES string of the molecule is CCCNCc1cnc(N2CC(CO)OCC2C)c(C)c1. The third-order valence-electron chi connectivity index (χ3n) is 3.84. The number of aromatic nitrogens is 1. The Balaban J connectivity index is 2.08. The molecule has 2 rings (SSSR count). The minimum Gasteiger partial charge on any atom is -0.394 e. The predicted octanol–water partition coefficient (Wildman–Crippen LogP) is 1.48. The van der Waals surface area contributed by atoms with E-state index in [-0.39, 0.29) is 18.8 Å². The monoisotopic (exact) mass is 293 g/mol. The molecule has 0 radical (unpaired) electrons. The quantitative estimate of drug-likeness (QED) is 0.778. The molecule has 0 spiro atoms. The lowest BCUT2D eigenvalue weighted by molar-refractivity contribution is -0.0106. The number of nitrogens with one attached hydrogen (secondary N) is 1. The standard InChI is InChI=1S/C16H27N3O2/c1-4-5-17-7-14-6-12(2)16(18-8-14)19-9-15(10-20)21-11-13(19)3/h6,8,13,15,17,20H,4-5,7,9-11H2,1-3H3. The Morgan fingerprint density at radius 2 is 2.33 bits per heavy atom. The van der Waals surface area contributed by atoms with Gasteiger partial charge in [0.2, 0.25) is 0 Å². The van der Waals surface area contributed by atoms with Gasteiger partial charge in [-0.05, 0) is 44.0 Å². The van der Waals surface area contributed by atoms with E-state index in [1.165, 1.54) is 11.1 Å². The summed E-state index contributed by atoms with van der Waals surface area (Å²) in [6.45, 7) is 9.66. The van der Waals surface area contributed by atoms with Crippen LogP contribution in [0.3, 0.4) is 0 Å². The Morgan fingerprint density at radius 1 is 1.52 bits per heavy atom. The van der Waals surface area contributed by atoms with Crippen LogP contribution in [0.25, 0.3) is 0 Å². The van der Waals surface area contributed by atoms with Crippen molar-refractivity contribution < 1.29 is 9.84 Å².